The highest BCUT2D eigenvalue weighted by Gasteiger charge is 2.27. The second-order valence-corrected chi connectivity index (χ2v) is 6.39. The fourth-order valence-electron chi connectivity index (χ4n) is 2.86. The number of carboxylic acid groups (broad SMARTS) is 1. The van der Waals surface area contributed by atoms with Gasteiger partial charge in [-0.25, -0.2) is 0 Å². The van der Waals surface area contributed by atoms with Crippen LogP contribution in [-0.4, -0.2) is 28.1 Å². The average molecular weight is 334 g/mol. The topological polar surface area (TPSA) is 74.6 Å². The van der Waals surface area contributed by atoms with Crippen molar-refractivity contribution in [1.29, 1.82) is 0 Å². The molecule has 0 aromatic rings. The van der Waals surface area contributed by atoms with E-state index < -0.39 is 12.1 Å². The van der Waals surface area contributed by atoms with Gasteiger partial charge < -0.3 is 10.2 Å². The second kappa shape index (κ2) is 11.8. The lowest BCUT2D eigenvalue weighted by Gasteiger charge is -2.15. The van der Waals surface area contributed by atoms with E-state index in [2.05, 4.69) is 6.92 Å². The Morgan fingerprint density at radius 1 is 1.29 bits per heavy atom. The predicted molar refractivity (Wildman–Crippen MR) is 95.7 cm³/mol. The smallest absolute Gasteiger partial charge is 0.303 e. The SMILES string of the molecule is CCCCC[C@H]1C(=O)C=C[C@@H]1/C=C/[C@H](O)C/C=C\CCCC(=O)O. The van der Waals surface area contributed by atoms with Crippen LogP contribution in [0.1, 0.15) is 58.3 Å². The number of unbranched alkanes of at least 4 members (excludes halogenated alkanes) is 3. The third-order valence-corrected chi connectivity index (χ3v) is 4.29. The Hall–Kier alpha value is -1.68. The van der Waals surface area contributed by atoms with E-state index >= 15 is 0 Å². The van der Waals surface area contributed by atoms with Gasteiger partial charge in [-0.15, -0.1) is 0 Å². The molecule has 0 aromatic heterocycles. The third-order valence-electron chi connectivity index (χ3n) is 4.29. The van der Waals surface area contributed by atoms with Crippen LogP contribution in [0.3, 0.4) is 0 Å². The average Bonchev–Trinajstić information content (AvgIpc) is 2.89. The molecule has 0 aromatic carbocycles. The minimum atomic E-state index is -0.779. The molecule has 0 heterocycles. The highest BCUT2D eigenvalue weighted by Crippen LogP contribution is 2.28. The molecule has 0 saturated carbocycles. The lowest BCUT2D eigenvalue weighted by atomic mass is 9.89. The Bertz CT molecular complexity index is 476. The van der Waals surface area contributed by atoms with Crippen molar-refractivity contribution in [2.24, 2.45) is 11.8 Å². The van der Waals surface area contributed by atoms with E-state index in [1.54, 1.807) is 12.2 Å². The molecule has 1 aliphatic carbocycles. The van der Waals surface area contributed by atoms with E-state index in [1.807, 2.05) is 24.3 Å². The number of allylic oxidation sites excluding steroid dienone is 4. The van der Waals surface area contributed by atoms with E-state index in [4.69, 9.17) is 5.11 Å². The second-order valence-electron chi connectivity index (χ2n) is 6.39. The molecule has 1 aliphatic rings. The van der Waals surface area contributed by atoms with Gasteiger partial charge in [0, 0.05) is 18.3 Å². The number of aliphatic carboxylic acids is 1. The molecule has 3 atom stereocenters. The van der Waals surface area contributed by atoms with Crippen LogP contribution < -0.4 is 0 Å². The summed E-state index contributed by atoms with van der Waals surface area (Å²) in [6, 6.07) is 0. The summed E-state index contributed by atoms with van der Waals surface area (Å²) in [7, 11) is 0. The zero-order valence-electron chi connectivity index (χ0n) is 14.6. The van der Waals surface area contributed by atoms with Crippen LogP contribution in [0.4, 0.5) is 0 Å². The van der Waals surface area contributed by atoms with Gasteiger partial charge in [-0.1, -0.05) is 56.6 Å². The molecule has 0 bridgehead atoms. The van der Waals surface area contributed by atoms with Crippen LogP contribution in [-0.2, 0) is 9.59 Å². The Kier molecular flexibility index (Phi) is 10.0. The first-order chi connectivity index (χ1) is 11.5. The van der Waals surface area contributed by atoms with Crippen LogP contribution >= 0.6 is 0 Å². The highest BCUT2D eigenvalue weighted by molar-refractivity contribution is 5.94. The van der Waals surface area contributed by atoms with Crippen LogP contribution in [0.25, 0.3) is 0 Å². The number of aliphatic hydroxyl groups excluding tert-OH is 1. The van der Waals surface area contributed by atoms with Crippen molar-refractivity contribution in [3.05, 3.63) is 36.5 Å². The molecular formula is C20H30O4. The quantitative estimate of drug-likeness (QED) is 0.417. The van der Waals surface area contributed by atoms with Gasteiger partial charge in [0.1, 0.15) is 0 Å². The Labute approximate surface area is 145 Å². The van der Waals surface area contributed by atoms with Crippen LogP contribution in [0.2, 0.25) is 0 Å². The standard InChI is InChI=1S/C20H30O4/c1-2-3-6-10-18-16(13-15-19(18)22)12-14-17(21)9-7-4-5-8-11-20(23)24/h4,7,12-18,21H,2-3,5-6,8-11H2,1H3,(H,23,24)/b7-4-,14-12+/t16-,17+,18+/m0/s1. The molecule has 1 rings (SSSR count). The molecule has 0 amide bonds. The first-order valence-corrected chi connectivity index (χ1v) is 8.99. The molecule has 24 heavy (non-hydrogen) atoms. The maximum atomic E-state index is 11.9. The molecule has 2 N–H and O–H groups in total. The van der Waals surface area contributed by atoms with Gasteiger partial charge in [0.2, 0.25) is 0 Å². The Morgan fingerprint density at radius 2 is 2.08 bits per heavy atom. The molecule has 0 spiro atoms. The van der Waals surface area contributed by atoms with E-state index in [-0.39, 0.29) is 24.0 Å². The molecule has 4 nitrogen and oxygen atoms in total. The molecule has 0 radical (unpaired) electrons. The maximum Gasteiger partial charge on any atom is 0.303 e. The number of carbonyl (C=O) groups excluding carboxylic acids is 1. The Balaban J connectivity index is 2.32. The van der Waals surface area contributed by atoms with E-state index in [0.29, 0.717) is 19.3 Å². The minimum absolute atomic E-state index is 0.0339. The van der Waals surface area contributed by atoms with Gasteiger partial charge >= 0.3 is 5.97 Å². The van der Waals surface area contributed by atoms with Crippen molar-refractivity contribution in [3.63, 3.8) is 0 Å². The zero-order chi connectivity index (χ0) is 17.8. The van der Waals surface area contributed by atoms with Gasteiger partial charge in [0.15, 0.2) is 5.78 Å². The fraction of sp³-hybridized carbons (Fsp3) is 0.600. The number of carbonyl (C=O) groups is 2. The summed E-state index contributed by atoms with van der Waals surface area (Å²) in [5.41, 5.74) is 0. The molecule has 0 unspecified atom stereocenters. The zero-order valence-corrected chi connectivity index (χ0v) is 14.6. The fourth-order valence-corrected chi connectivity index (χ4v) is 2.86. The van der Waals surface area contributed by atoms with Crippen molar-refractivity contribution in [1.82, 2.24) is 0 Å². The van der Waals surface area contributed by atoms with E-state index in [9.17, 15) is 14.7 Å². The summed E-state index contributed by atoms with van der Waals surface area (Å²) in [5, 5.41) is 18.5. The summed E-state index contributed by atoms with van der Waals surface area (Å²) in [6.45, 7) is 2.15. The lowest BCUT2D eigenvalue weighted by molar-refractivity contribution is -0.137. The van der Waals surface area contributed by atoms with Crippen molar-refractivity contribution < 1.29 is 19.8 Å². The molecule has 0 aliphatic heterocycles. The van der Waals surface area contributed by atoms with Crippen molar-refractivity contribution >= 4 is 11.8 Å². The van der Waals surface area contributed by atoms with Crippen molar-refractivity contribution in [2.45, 2.75) is 64.4 Å². The first-order valence-electron chi connectivity index (χ1n) is 8.99. The lowest BCUT2D eigenvalue weighted by Crippen LogP contribution is -2.15. The van der Waals surface area contributed by atoms with Crippen LogP contribution in [0, 0.1) is 11.8 Å². The normalized spacial score (nSPS) is 22.0. The van der Waals surface area contributed by atoms with Crippen molar-refractivity contribution in [3.8, 4) is 0 Å². The number of carboxylic acids is 1. The summed E-state index contributed by atoms with van der Waals surface area (Å²) < 4.78 is 0. The largest absolute Gasteiger partial charge is 0.481 e. The first kappa shape index (κ1) is 20.4. The van der Waals surface area contributed by atoms with Gasteiger partial charge in [-0.05, 0) is 31.8 Å². The van der Waals surface area contributed by atoms with E-state index in [1.165, 1.54) is 0 Å². The predicted octanol–water partition coefficient (Wildman–Crippen LogP) is 4.06. The van der Waals surface area contributed by atoms with Crippen LogP contribution in [0.5, 0.6) is 0 Å². The number of hydrogen-bond donors (Lipinski definition) is 2. The molecule has 0 fully saturated rings. The summed E-state index contributed by atoms with van der Waals surface area (Å²) in [5.74, 6) is -0.442. The summed E-state index contributed by atoms with van der Waals surface area (Å²) >= 11 is 0. The molecule has 4 heteroatoms. The highest BCUT2D eigenvalue weighted by atomic mass is 16.4. The number of aliphatic hydroxyl groups is 1. The Morgan fingerprint density at radius 3 is 2.79 bits per heavy atom. The number of hydrogen-bond acceptors (Lipinski definition) is 3. The van der Waals surface area contributed by atoms with Crippen LogP contribution in [0.15, 0.2) is 36.5 Å². The van der Waals surface area contributed by atoms with Crippen molar-refractivity contribution in [2.75, 3.05) is 0 Å². The molecular weight excluding hydrogens is 304 g/mol. The third kappa shape index (κ3) is 8.25. The molecule has 0 saturated heterocycles. The van der Waals surface area contributed by atoms with Gasteiger partial charge in [-0.3, -0.25) is 9.59 Å². The summed E-state index contributed by atoms with van der Waals surface area (Å²) in [6.07, 6.45) is 16.8. The number of rotatable bonds is 12. The number of ketones is 1. The minimum Gasteiger partial charge on any atom is -0.481 e. The molecule has 134 valence electrons. The van der Waals surface area contributed by atoms with Gasteiger partial charge in [0.05, 0.1) is 6.10 Å². The van der Waals surface area contributed by atoms with Gasteiger partial charge in [0.25, 0.3) is 0 Å². The maximum absolute atomic E-state index is 11.9. The van der Waals surface area contributed by atoms with E-state index in [0.717, 1.165) is 25.7 Å². The summed E-state index contributed by atoms with van der Waals surface area (Å²) in [4.78, 5) is 22.3. The monoisotopic (exact) mass is 334 g/mol. The van der Waals surface area contributed by atoms with Gasteiger partial charge in [-0.2, -0.15) is 0 Å².